The SMILES string of the molecule is CC(=O)NC(=S)Nc1ccc([N+](=O)[O-])cc1O. The van der Waals surface area contributed by atoms with Crippen molar-refractivity contribution in [3.8, 4) is 5.75 Å². The van der Waals surface area contributed by atoms with E-state index in [4.69, 9.17) is 12.2 Å². The van der Waals surface area contributed by atoms with Gasteiger partial charge in [0.25, 0.3) is 5.69 Å². The molecule has 0 unspecified atom stereocenters. The lowest BCUT2D eigenvalue weighted by Gasteiger charge is -2.09. The molecular weight excluding hydrogens is 246 g/mol. The number of phenols is 1. The van der Waals surface area contributed by atoms with E-state index in [-0.39, 0.29) is 28.1 Å². The standard InChI is InChI=1S/C9H9N3O4S/c1-5(13)10-9(17)11-7-3-2-6(12(15)16)4-8(7)14/h2-4,14H,1H3,(H2,10,11,13,17). The molecule has 1 rings (SSSR count). The Morgan fingerprint density at radius 3 is 2.65 bits per heavy atom. The summed E-state index contributed by atoms with van der Waals surface area (Å²) in [5.74, 6) is -0.684. The van der Waals surface area contributed by atoms with E-state index in [1.165, 1.54) is 19.1 Å². The van der Waals surface area contributed by atoms with Crippen LogP contribution in [0.4, 0.5) is 11.4 Å². The molecule has 0 aliphatic heterocycles. The average molecular weight is 255 g/mol. The molecule has 0 aromatic heterocycles. The summed E-state index contributed by atoms with van der Waals surface area (Å²) < 4.78 is 0. The Kier molecular flexibility index (Phi) is 3.94. The number of carbonyl (C=O) groups is 1. The van der Waals surface area contributed by atoms with Crippen LogP contribution < -0.4 is 10.6 Å². The third-order valence-corrected chi connectivity index (χ3v) is 1.93. The zero-order chi connectivity index (χ0) is 13.0. The van der Waals surface area contributed by atoms with Crippen LogP contribution in [-0.4, -0.2) is 21.0 Å². The normalized spacial score (nSPS) is 9.47. The molecule has 90 valence electrons. The predicted molar refractivity (Wildman–Crippen MR) is 64.8 cm³/mol. The minimum atomic E-state index is -0.629. The first kappa shape index (κ1) is 12.8. The van der Waals surface area contributed by atoms with Crippen molar-refractivity contribution in [1.29, 1.82) is 0 Å². The van der Waals surface area contributed by atoms with Crippen LogP contribution in [0.5, 0.6) is 5.75 Å². The number of hydrogen-bond acceptors (Lipinski definition) is 5. The quantitative estimate of drug-likeness (QED) is 0.317. The van der Waals surface area contributed by atoms with Gasteiger partial charge in [0, 0.05) is 13.0 Å². The van der Waals surface area contributed by atoms with Crippen molar-refractivity contribution in [2.24, 2.45) is 0 Å². The monoisotopic (exact) mass is 255 g/mol. The molecule has 8 heteroatoms. The Labute approximate surface area is 102 Å². The van der Waals surface area contributed by atoms with Crippen molar-refractivity contribution in [3.05, 3.63) is 28.3 Å². The Bertz CT molecular complexity index is 489. The Morgan fingerprint density at radius 1 is 1.53 bits per heavy atom. The summed E-state index contributed by atoms with van der Waals surface area (Å²) >= 11 is 4.77. The van der Waals surface area contributed by atoms with Gasteiger partial charge < -0.3 is 15.7 Å². The number of nitro groups is 1. The molecular formula is C9H9N3O4S. The highest BCUT2D eigenvalue weighted by molar-refractivity contribution is 7.80. The van der Waals surface area contributed by atoms with Gasteiger partial charge in [-0.1, -0.05) is 0 Å². The van der Waals surface area contributed by atoms with Gasteiger partial charge in [0.1, 0.15) is 5.75 Å². The number of non-ortho nitro benzene ring substituents is 1. The summed E-state index contributed by atoms with van der Waals surface area (Å²) in [5, 5.41) is 24.7. The topological polar surface area (TPSA) is 104 Å². The Morgan fingerprint density at radius 2 is 2.18 bits per heavy atom. The van der Waals surface area contributed by atoms with Gasteiger partial charge in [-0.2, -0.15) is 0 Å². The minimum Gasteiger partial charge on any atom is -0.506 e. The van der Waals surface area contributed by atoms with Gasteiger partial charge in [-0.25, -0.2) is 0 Å². The summed E-state index contributed by atoms with van der Waals surface area (Å²) in [5.41, 5.74) is -0.0622. The van der Waals surface area contributed by atoms with Crippen LogP contribution in [0.2, 0.25) is 0 Å². The number of rotatable bonds is 2. The van der Waals surface area contributed by atoms with E-state index in [0.29, 0.717) is 0 Å². The van der Waals surface area contributed by atoms with Crippen molar-refractivity contribution in [2.45, 2.75) is 6.92 Å². The molecule has 0 atom stereocenters. The van der Waals surface area contributed by atoms with Crippen LogP contribution >= 0.6 is 12.2 Å². The number of hydrogen-bond donors (Lipinski definition) is 3. The van der Waals surface area contributed by atoms with Crippen LogP contribution in [0.3, 0.4) is 0 Å². The molecule has 0 spiro atoms. The zero-order valence-electron chi connectivity index (χ0n) is 8.76. The van der Waals surface area contributed by atoms with Gasteiger partial charge in [0.2, 0.25) is 5.91 Å². The molecule has 0 saturated carbocycles. The molecule has 17 heavy (non-hydrogen) atoms. The first-order chi connectivity index (χ1) is 7.90. The fourth-order valence-corrected chi connectivity index (χ4v) is 1.31. The fourth-order valence-electron chi connectivity index (χ4n) is 1.05. The Hall–Kier alpha value is -2.22. The Balaban J connectivity index is 2.83. The first-order valence-corrected chi connectivity index (χ1v) is 4.87. The van der Waals surface area contributed by atoms with E-state index in [9.17, 15) is 20.0 Å². The maximum absolute atomic E-state index is 10.7. The van der Waals surface area contributed by atoms with E-state index in [0.717, 1.165) is 6.07 Å². The van der Waals surface area contributed by atoms with Crippen LogP contribution in [0, 0.1) is 10.1 Å². The lowest BCUT2D eigenvalue weighted by Crippen LogP contribution is -2.32. The summed E-state index contributed by atoms with van der Waals surface area (Å²) in [6.07, 6.45) is 0. The second-order valence-electron chi connectivity index (χ2n) is 3.09. The third-order valence-electron chi connectivity index (χ3n) is 1.73. The highest BCUT2D eigenvalue weighted by Gasteiger charge is 2.10. The number of thiocarbonyl (C=S) groups is 1. The zero-order valence-corrected chi connectivity index (χ0v) is 9.58. The van der Waals surface area contributed by atoms with Gasteiger partial charge in [-0.05, 0) is 18.3 Å². The molecule has 0 radical (unpaired) electrons. The predicted octanol–water partition coefficient (Wildman–Crippen LogP) is 1.13. The van der Waals surface area contributed by atoms with Gasteiger partial charge in [-0.3, -0.25) is 14.9 Å². The maximum atomic E-state index is 10.7. The summed E-state index contributed by atoms with van der Waals surface area (Å²) in [4.78, 5) is 20.5. The van der Waals surface area contributed by atoms with Gasteiger partial charge in [-0.15, -0.1) is 0 Å². The molecule has 3 N–H and O–H groups in total. The van der Waals surface area contributed by atoms with Crippen molar-refractivity contribution in [2.75, 3.05) is 5.32 Å². The molecule has 1 amide bonds. The number of aromatic hydroxyl groups is 1. The first-order valence-electron chi connectivity index (χ1n) is 4.46. The van der Waals surface area contributed by atoms with Crippen molar-refractivity contribution >= 4 is 34.6 Å². The van der Waals surface area contributed by atoms with Crippen LogP contribution in [-0.2, 0) is 4.79 Å². The minimum absolute atomic E-state index is 0.00153. The highest BCUT2D eigenvalue weighted by atomic mass is 32.1. The number of nitrogens with zero attached hydrogens (tertiary/aromatic N) is 1. The number of nitrogens with one attached hydrogen (secondary N) is 2. The maximum Gasteiger partial charge on any atom is 0.273 e. The van der Waals surface area contributed by atoms with Crippen molar-refractivity contribution in [1.82, 2.24) is 5.32 Å². The van der Waals surface area contributed by atoms with Crippen LogP contribution in [0.1, 0.15) is 6.92 Å². The number of amides is 1. The highest BCUT2D eigenvalue weighted by Crippen LogP contribution is 2.27. The lowest BCUT2D eigenvalue weighted by atomic mass is 10.2. The molecule has 0 heterocycles. The third kappa shape index (κ3) is 3.68. The van der Waals surface area contributed by atoms with E-state index < -0.39 is 4.92 Å². The second kappa shape index (κ2) is 5.21. The molecule has 0 saturated heterocycles. The number of nitro benzene ring substituents is 1. The summed E-state index contributed by atoms with van der Waals surface area (Å²) in [6, 6.07) is 3.48. The number of anilines is 1. The molecule has 1 aromatic rings. The van der Waals surface area contributed by atoms with Crippen LogP contribution in [0.15, 0.2) is 18.2 Å². The smallest absolute Gasteiger partial charge is 0.273 e. The van der Waals surface area contributed by atoms with Crippen molar-refractivity contribution in [3.63, 3.8) is 0 Å². The summed E-state index contributed by atoms with van der Waals surface area (Å²) in [6.45, 7) is 1.28. The van der Waals surface area contributed by atoms with E-state index in [1.54, 1.807) is 0 Å². The number of benzene rings is 1. The van der Waals surface area contributed by atoms with Gasteiger partial charge in [0.05, 0.1) is 16.7 Å². The second-order valence-corrected chi connectivity index (χ2v) is 3.50. The number of phenolic OH excluding ortho intramolecular Hbond substituents is 1. The molecule has 7 nitrogen and oxygen atoms in total. The molecule has 1 aromatic carbocycles. The van der Waals surface area contributed by atoms with Crippen molar-refractivity contribution < 1.29 is 14.8 Å². The van der Waals surface area contributed by atoms with E-state index in [2.05, 4.69) is 10.6 Å². The summed E-state index contributed by atoms with van der Waals surface area (Å²) in [7, 11) is 0. The van der Waals surface area contributed by atoms with E-state index in [1.807, 2.05) is 0 Å². The van der Waals surface area contributed by atoms with E-state index >= 15 is 0 Å². The molecule has 0 aliphatic carbocycles. The average Bonchev–Trinajstić information content (AvgIpc) is 2.19. The largest absolute Gasteiger partial charge is 0.506 e. The number of carbonyl (C=O) groups excluding carboxylic acids is 1. The molecule has 0 fully saturated rings. The van der Waals surface area contributed by atoms with Crippen LogP contribution in [0.25, 0.3) is 0 Å². The molecule has 0 aliphatic rings. The lowest BCUT2D eigenvalue weighted by molar-refractivity contribution is -0.384. The van der Waals surface area contributed by atoms with Gasteiger partial charge >= 0.3 is 0 Å². The molecule has 0 bridgehead atoms. The fraction of sp³-hybridized carbons (Fsp3) is 0.111. The van der Waals surface area contributed by atoms with Gasteiger partial charge in [0.15, 0.2) is 5.11 Å².